The summed E-state index contributed by atoms with van der Waals surface area (Å²) in [5, 5.41) is 3.52. The average Bonchev–Trinajstić information content (AvgIpc) is 2.80. The molecule has 1 N–H and O–H groups in total. The lowest BCUT2D eigenvalue weighted by molar-refractivity contribution is -0.144. The monoisotopic (exact) mass is 275 g/mol. The average molecular weight is 275 g/mol. The van der Waals surface area contributed by atoms with Gasteiger partial charge < -0.3 is 14.5 Å². The van der Waals surface area contributed by atoms with Gasteiger partial charge in [0, 0.05) is 10.9 Å². The zero-order valence-electron chi connectivity index (χ0n) is 11.7. The topological polar surface area (TPSA) is 68.5 Å². The van der Waals surface area contributed by atoms with E-state index >= 15 is 0 Å². The molecule has 0 fully saturated rings. The van der Waals surface area contributed by atoms with Gasteiger partial charge in [-0.2, -0.15) is 0 Å². The summed E-state index contributed by atoms with van der Waals surface area (Å²) in [6.07, 6.45) is 1.74. The number of amides is 1. The van der Waals surface area contributed by atoms with Crippen molar-refractivity contribution >= 4 is 22.8 Å². The molecule has 2 rings (SSSR count). The maximum absolute atomic E-state index is 11.9. The highest BCUT2D eigenvalue weighted by molar-refractivity contribution is 5.90. The Morgan fingerprint density at radius 2 is 2.15 bits per heavy atom. The van der Waals surface area contributed by atoms with Crippen LogP contribution in [-0.4, -0.2) is 25.0 Å². The van der Waals surface area contributed by atoms with E-state index in [-0.39, 0.29) is 12.3 Å². The van der Waals surface area contributed by atoms with Gasteiger partial charge in [-0.05, 0) is 26.0 Å². The lowest BCUT2D eigenvalue weighted by atomic mass is 10.1. The molecule has 2 aromatic rings. The van der Waals surface area contributed by atoms with Crippen molar-refractivity contribution in [3.63, 3.8) is 0 Å². The summed E-state index contributed by atoms with van der Waals surface area (Å²) in [5.41, 5.74) is 2.65. The van der Waals surface area contributed by atoms with Crippen LogP contribution in [0, 0.1) is 6.92 Å². The van der Waals surface area contributed by atoms with E-state index < -0.39 is 12.0 Å². The molecule has 1 unspecified atom stereocenters. The molecule has 0 saturated heterocycles. The third kappa shape index (κ3) is 2.99. The van der Waals surface area contributed by atoms with Crippen LogP contribution in [0.25, 0.3) is 11.0 Å². The molecule has 0 aliphatic heterocycles. The van der Waals surface area contributed by atoms with Crippen molar-refractivity contribution in [2.24, 2.45) is 0 Å². The molecule has 0 saturated carbocycles. The third-order valence-electron chi connectivity index (χ3n) is 3.09. The normalized spacial score (nSPS) is 12.2. The second-order valence-electron chi connectivity index (χ2n) is 4.75. The molecule has 1 heterocycles. The number of methoxy groups -OCH3 is 1. The molecule has 0 radical (unpaired) electrons. The molecule has 0 bridgehead atoms. The smallest absolute Gasteiger partial charge is 0.328 e. The Morgan fingerprint density at radius 1 is 1.40 bits per heavy atom. The van der Waals surface area contributed by atoms with Crippen molar-refractivity contribution in [3.05, 3.63) is 35.6 Å². The van der Waals surface area contributed by atoms with E-state index in [1.165, 1.54) is 7.11 Å². The molecule has 5 nitrogen and oxygen atoms in total. The molecule has 0 aliphatic rings. The van der Waals surface area contributed by atoms with Crippen LogP contribution < -0.4 is 5.32 Å². The number of rotatable bonds is 4. The van der Waals surface area contributed by atoms with Crippen molar-refractivity contribution in [1.29, 1.82) is 0 Å². The van der Waals surface area contributed by atoms with Crippen LogP contribution >= 0.6 is 0 Å². The van der Waals surface area contributed by atoms with Gasteiger partial charge in [0.2, 0.25) is 5.91 Å². The zero-order valence-corrected chi connectivity index (χ0v) is 11.7. The van der Waals surface area contributed by atoms with Crippen LogP contribution in [0.5, 0.6) is 0 Å². The number of hydrogen-bond acceptors (Lipinski definition) is 4. The number of carbonyl (C=O) groups is 2. The van der Waals surface area contributed by atoms with E-state index in [2.05, 4.69) is 10.1 Å². The second kappa shape index (κ2) is 5.77. The second-order valence-corrected chi connectivity index (χ2v) is 4.75. The fourth-order valence-electron chi connectivity index (χ4n) is 2.03. The van der Waals surface area contributed by atoms with Crippen LogP contribution in [0.1, 0.15) is 18.1 Å². The summed E-state index contributed by atoms with van der Waals surface area (Å²) < 4.78 is 9.97. The SMILES string of the molecule is COC(=O)C(C)NC(=O)Cc1coc2ccc(C)cc12. The van der Waals surface area contributed by atoms with E-state index in [0.717, 1.165) is 22.1 Å². The highest BCUT2D eigenvalue weighted by Gasteiger charge is 2.17. The minimum absolute atomic E-state index is 0.164. The lowest BCUT2D eigenvalue weighted by Gasteiger charge is -2.10. The van der Waals surface area contributed by atoms with Crippen LogP contribution in [0.3, 0.4) is 0 Å². The third-order valence-corrected chi connectivity index (χ3v) is 3.09. The predicted octanol–water partition coefficient (Wildman–Crippen LogP) is 1.96. The van der Waals surface area contributed by atoms with E-state index in [0.29, 0.717) is 0 Å². The molecule has 0 spiro atoms. The lowest BCUT2D eigenvalue weighted by Crippen LogP contribution is -2.39. The number of nitrogens with one attached hydrogen (secondary N) is 1. The van der Waals surface area contributed by atoms with Crippen LogP contribution in [-0.2, 0) is 20.7 Å². The standard InChI is InChI=1S/C15H17NO4/c1-9-4-5-13-12(6-9)11(8-20-13)7-14(17)16-10(2)15(18)19-3/h4-6,8,10H,7H2,1-3H3,(H,16,17). The van der Waals surface area contributed by atoms with E-state index in [9.17, 15) is 9.59 Å². The molecule has 0 aliphatic carbocycles. The number of carbonyl (C=O) groups excluding carboxylic acids is 2. The molecule has 1 atom stereocenters. The first-order valence-electron chi connectivity index (χ1n) is 6.35. The zero-order chi connectivity index (χ0) is 14.7. The highest BCUT2D eigenvalue weighted by Crippen LogP contribution is 2.22. The largest absolute Gasteiger partial charge is 0.467 e. The first-order chi connectivity index (χ1) is 9.51. The number of benzene rings is 1. The molecule has 20 heavy (non-hydrogen) atoms. The summed E-state index contributed by atoms with van der Waals surface area (Å²) in [4.78, 5) is 23.2. The van der Waals surface area contributed by atoms with Gasteiger partial charge in [-0.3, -0.25) is 4.79 Å². The molecule has 1 aromatic heterocycles. The minimum atomic E-state index is -0.660. The number of hydrogen-bond donors (Lipinski definition) is 1. The Kier molecular flexibility index (Phi) is 4.08. The van der Waals surface area contributed by atoms with Crippen LogP contribution in [0.4, 0.5) is 0 Å². The summed E-state index contributed by atoms with van der Waals surface area (Å²) in [7, 11) is 1.29. The fourth-order valence-corrected chi connectivity index (χ4v) is 2.03. The van der Waals surface area contributed by atoms with Crippen LogP contribution in [0.2, 0.25) is 0 Å². The molecule has 106 valence electrons. The van der Waals surface area contributed by atoms with Gasteiger partial charge in [0.1, 0.15) is 11.6 Å². The van der Waals surface area contributed by atoms with Crippen molar-refractivity contribution in [3.8, 4) is 0 Å². The molecule has 1 aromatic carbocycles. The molecule has 1 amide bonds. The number of aryl methyl sites for hydroxylation is 1. The maximum atomic E-state index is 11.9. The quantitative estimate of drug-likeness (QED) is 0.866. The summed E-state index contributed by atoms with van der Waals surface area (Å²) in [6.45, 7) is 3.57. The first-order valence-corrected chi connectivity index (χ1v) is 6.35. The van der Waals surface area contributed by atoms with Gasteiger partial charge in [-0.1, -0.05) is 11.6 Å². The minimum Gasteiger partial charge on any atom is -0.467 e. The number of furan rings is 1. The van der Waals surface area contributed by atoms with Crippen LogP contribution in [0.15, 0.2) is 28.9 Å². The number of ether oxygens (including phenoxy) is 1. The Bertz CT molecular complexity index is 644. The maximum Gasteiger partial charge on any atom is 0.328 e. The Balaban J connectivity index is 2.10. The van der Waals surface area contributed by atoms with Gasteiger partial charge >= 0.3 is 5.97 Å². The van der Waals surface area contributed by atoms with E-state index in [4.69, 9.17) is 4.42 Å². The van der Waals surface area contributed by atoms with Crippen molar-refractivity contribution in [2.75, 3.05) is 7.11 Å². The van der Waals surface area contributed by atoms with Gasteiger partial charge in [0.05, 0.1) is 19.8 Å². The van der Waals surface area contributed by atoms with Gasteiger partial charge in [0.25, 0.3) is 0 Å². The predicted molar refractivity (Wildman–Crippen MR) is 74.3 cm³/mol. The molecular weight excluding hydrogens is 258 g/mol. The molecular formula is C15H17NO4. The highest BCUT2D eigenvalue weighted by atomic mass is 16.5. The number of fused-ring (bicyclic) bond motifs is 1. The Labute approximate surface area is 116 Å². The molecule has 5 heteroatoms. The van der Waals surface area contributed by atoms with Gasteiger partial charge in [-0.15, -0.1) is 0 Å². The van der Waals surface area contributed by atoms with E-state index in [1.54, 1.807) is 13.2 Å². The first kappa shape index (κ1) is 14.1. The Morgan fingerprint density at radius 3 is 2.85 bits per heavy atom. The van der Waals surface area contributed by atoms with E-state index in [1.807, 2.05) is 25.1 Å². The van der Waals surface area contributed by atoms with Crippen molar-refractivity contribution in [1.82, 2.24) is 5.32 Å². The Hall–Kier alpha value is -2.30. The van der Waals surface area contributed by atoms with Crippen molar-refractivity contribution < 1.29 is 18.7 Å². The summed E-state index contributed by atoms with van der Waals surface area (Å²) in [5.74, 6) is -0.710. The van der Waals surface area contributed by atoms with Crippen molar-refractivity contribution in [2.45, 2.75) is 26.3 Å². The fraction of sp³-hybridized carbons (Fsp3) is 0.333. The number of esters is 1. The summed E-state index contributed by atoms with van der Waals surface area (Å²) in [6, 6.07) is 5.15. The van der Waals surface area contributed by atoms with Gasteiger partial charge in [0.15, 0.2) is 0 Å². The van der Waals surface area contributed by atoms with Gasteiger partial charge in [-0.25, -0.2) is 4.79 Å². The summed E-state index contributed by atoms with van der Waals surface area (Å²) >= 11 is 0.